The predicted octanol–water partition coefficient (Wildman–Crippen LogP) is 1.74. The third-order valence-electron chi connectivity index (χ3n) is 4.04. The number of nitrogens with zero attached hydrogens (tertiary/aromatic N) is 2. The zero-order valence-electron chi connectivity index (χ0n) is 10.8. The lowest BCUT2D eigenvalue weighted by molar-refractivity contribution is 0.147. The van der Waals surface area contributed by atoms with Crippen molar-refractivity contribution in [2.75, 3.05) is 44.2 Å². The van der Waals surface area contributed by atoms with Gasteiger partial charge in [0.05, 0.1) is 0 Å². The van der Waals surface area contributed by atoms with Crippen molar-refractivity contribution >= 4 is 17.3 Å². The first-order valence-electron chi connectivity index (χ1n) is 6.70. The van der Waals surface area contributed by atoms with E-state index < -0.39 is 0 Å². The van der Waals surface area contributed by atoms with Crippen LogP contribution >= 0.6 is 11.6 Å². The second kappa shape index (κ2) is 5.08. The lowest BCUT2D eigenvalue weighted by Gasteiger charge is -2.48. The number of halogens is 1. The van der Waals surface area contributed by atoms with E-state index in [4.69, 9.17) is 11.6 Å². The Morgan fingerprint density at radius 2 is 1.94 bits per heavy atom. The molecule has 0 spiro atoms. The molecule has 2 fully saturated rings. The van der Waals surface area contributed by atoms with Crippen LogP contribution in [-0.2, 0) is 0 Å². The van der Waals surface area contributed by atoms with Crippen LogP contribution in [-0.4, -0.2) is 50.2 Å². The van der Waals surface area contributed by atoms with E-state index in [1.54, 1.807) is 0 Å². The molecule has 4 heteroatoms. The maximum atomic E-state index is 6.08. The Balaban J connectivity index is 1.62. The summed E-state index contributed by atoms with van der Waals surface area (Å²) in [4.78, 5) is 5.04. The molecule has 0 saturated carbocycles. The van der Waals surface area contributed by atoms with E-state index in [2.05, 4.69) is 34.2 Å². The Morgan fingerprint density at radius 1 is 1.22 bits per heavy atom. The molecule has 2 saturated heterocycles. The Morgan fingerprint density at radius 3 is 2.67 bits per heavy atom. The van der Waals surface area contributed by atoms with Crippen molar-refractivity contribution in [2.45, 2.75) is 13.0 Å². The summed E-state index contributed by atoms with van der Waals surface area (Å²) in [6.45, 7) is 9.08. The molecule has 98 valence electrons. The molecule has 2 aliphatic rings. The first kappa shape index (κ1) is 12.3. The molecule has 0 amide bonds. The van der Waals surface area contributed by atoms with Gasteiger partial charge in [-0.25, -0.2) is 0 Å². The number of anilines is 1. The summed E-state index contributed by atoms with van der Waals surface area (Å²) in [7, 11) is 0. The van der Waals surface area contributed by atoms with Gasteiger partial charge in [0.1, 0.15) is 0 Å². The van der Waals surface area contributed by atoms with Crippen LogP contribution < -0.4 is 10.2 Å². The molecule has 0 aliphatic carbocycles. The summed E-state index contributed by atoms with van der Waals surface area (Å²) in [6.07, 6.45) is 0. The van der Waals surface area contributed by atoms with Gasteiger partial charge in [-0.05, 0) is 24.6 Å². The van der Waals surface area contributed by atoms with Crippen molar-refractivity contribution in [1.29, 1.82) is 0 Å². The van der Waals surface area contributed by atoms with Crippen LogP contribution in [0, 0.1) is 6.92 Å². The molecule has 1 aromatic rings. The van der Waals surface area contributed by atoms with Crippen molar-refractivity contribution in [3.8, 4) is 0 Å². The van der Waals surface area contributed by atoms with Crippen LogP contribution in [0.4, 0.5) is 5.69 Å². The molecule has 18 heavy (non-hydrogen) atoms. The maximum absolute atomic E-state index is 6.08. The predicted molar refractivity (Wildman–Crippen MR) is 76.6 cm³/mol. The van der Waals surface area contributed by atoms with Crippen LogP contribution in [0.25, 0.3) is 0 Å². The van der Waals surface area contributed by atoms with E-state index in [0.29, 0.717) is 0 Å². The van der Waals surface area contributed by atoms with Crippen molar-refractivity contribution in [2.24, 2.45) is 0 Å². The fourth-order valence-electron chi connectivity index (χ4n) is 2.85. The SMILES string of the molecule is Cc1ccc(Cl)cc1N1CC(N2CCNCC2)C1. The van der Waals surface area contributed by atoms with Crippen LogP contribution in [0.2, 0.25) is 5.02 Å². The monoisotopic (exact) mass is 265 g/mol. The minimum atomic E-state index is 0.727. The van der Waals surface area contributed by atoms with Crippen molar-refractivity contribution in [3.05, 3.63) is 28.8 Å². The van der Waals surface area contributed by atoms with Gasteiger partial charge in [-0.2, -0.15) is 0 Å². The molecule has 3 nitrogen and oxygen atoms in total. The lowest BCUT2D eigenvalue weighted by atomic mass is 10.0. The lowest BCUT2D eigenvalue weighted by Crippen LogP contribution is -2.63. The summed E-state index contributed by atoms with van der Waals surface area (Å²) in [6, 6.07) is 6.89. The number of nitrogens with one attached hydrogen (secondary N) is 1. The number of rotatable bonds is 2. The quantitative estimate of drug-likeness (QED) is 0.879. The van der Waals surface area contributed by atoms with Gasteiger partial charge in [-0.1, -0.05) is 17.7 Å². The molecule has 0 radical (unpaired) electrons. The molecular weight excluding hydrogens is 246 g/mol. The zero-order valence-corrected chi connectivity index (χ0v) is 11.6. The summed E-state index contributed by atoms with van der Waals surface area (Å²) in [5.41, 5.74) is 2.62. The third-order valence-corrected chi connectivity index (χ3v) is 4.28. The average molecular weight is 266 g/mol. The van der Waals surface area contributed by atoms with Crippen LogP contribution in [0.5, 0.6) is 0 Å². The molecule has 0 atom stereocenters. The topological polar surface area (TPSA) is 18.5 Å². The third kappa shape index (κ3) is 2.35. The fourth-order valence-corrected chi connectivity index (χ4v) is 3.02. The summed E-state index contributed by atoms with van der Waals surface area (Å²) in [5, 5.41) is 4.24. The number of aryl methyl sites for hydroxylation is 1. The smallest absolute Gasteiger partial charge is 0.0447 e. The molecular formula is C14H20ClN3. The van der Waals surface area contributed by atoms with E-state index in [9.17, 15) is 0 Å². The first-order valence-corrected chi connectivity index (χ1v) is 7.08. The maximum Gasteiger partial charge on any atom is 0.0447 e. The van der Waals surface area contributed by atoms with Crippen LogP contribution in [0.1, 0.15) is 5.56 Å². The Hall–Kier alpha value is -0.770. The standard InChI is InChI=1S/C14H20ClN3/c1-11-2-3-12(15)8-14(11)18-9-13(10-18)17-6-4-16-5-7-17/h2-3,8,13,16H,4-7,9-10H2,1H3. The summed E-state index contributed by atoms with van der Waals surface area (Å²) >= 11 is 6.08. The van der Waals surface area contributed by atoms with Crippen molar-refractivity contribution in [1.82, 2.24) is 10.2 Å². The minimum absolute atomic E-state index is 0.727. The zero-order chi connectivity index (χ0) is 12.5. The highest BCUT2D eigenvalue weighted by Crippen LogP contribution is 2.29. The van der Waals surface area contributed by atoms with Crippen molar-refractivity contribution < 1.29 is 0 Å². The summed E-state index contributed by atoms with van der Waals surface area (Å²) < 4.78 is 0. The molecule has 3 rings (SSSR count). The van der Waals surface area contributed by atoms with E-state index in [-0.39, 0.29) is 0 Å². The molecule has 2 aliphatic heterocycles. The Labute approximate surface area is 114 Å². The molecule has 0 unspecified atom stereocenters. The molecule has 0 bridgehead atoms. The van der Waals surface area contributed by atoms with Gasteiger partial charge < -0.3 is 10.2 Å². The highest BCUT2D eigenvalue weighted by Gasteiger charge is 2.32. The minimum Gasteiger partial charge on any atom is -0.368 e. The van der Waals surface area contributed by atoms with Gasteiger partial charge in [0.25, 0.3) is 0 Å². The van der Waals surface area contributed by atoms with Gasteiger partial charge in [0, 0.05) is 56.0 Å². The summed E-state index contributed by atoms with van der Waals surface area (Å²) in [5.74, 6) is 0. The second-order valence-corrected chi connectivity index (χ2v) is 5.71. The van der Waals surface area contributed by atoms with Gasteiger partial charge in [0.15, 0.2) is 0 Å². The van der Waals surface area contributed by atoms with Gasteiger partial charge in [-0.3, -0.25) is 4.90 Å². The van der Waals surface area contributed by atoms with Gasteiger partial charge in [0.2, 0.25) is 0 Å². The van der Waals surface area contributed by atoms with Crippen LogP contribution in [0.3, 0.4) is 0 Å². The largest absolute Gasteiger partial charge is 0.368 e. The molecule has 1 aromatic carbocycles. The van der Waals surface area contributed by atoms with E-state index in [0.717, 1.165) is 37.2 Å². The first-order chi connectivity index (χ1) is 8.74. The van der Waals surface area contributed by atoms with Crippen molar-refractivity contribution in [3.63, 3.8) is 0 Å². The normalized spacial score (nSPS) is 22.0. The fraction of sp³-hybridized carbons (Fsp3) is 0.571. The number of benzene rings is 1. The van der Waals surface area contributed by atoms with Gasteiger partial charge in [-0.15, -0.1) is 0 Å². The molecule has 2 heterocycles. The van der Waals surface area contributed by atoms with E-state index >= 15 is 0 Å². The number of hydrogen-bond acceptors (Lipinski definition) is 3. The molecule has 1 N–H and O–H groups in total. The Kier molecular flexibility index (Phi) is 3.46. The van der Waals surface area contributed by atoms with E-state index in [1.807, 2.05) is 6.07 Å². The second-order valence-electron chi connectivity index (χ2n) is 5.28. The number of hydrogen-bond donors (Lipinski definition) is 1. The van der Waals surface area contributed by atoms with E-state index in [1.165, 1.54) is 24.3 Å². The van der Waals surface area contributed by atoms with Gasteiger partial charge >= 0.3 is 0 Å². The average Bonchev–Trinajstić information content (AvgIpc) is 2.33. The van der Waals surface area contributed by atoms with Crippen LogP contribution in [0.15, 0.2) is 18.2 Å². The Bertz CT molecular complexity index is 423. The highest BCUT2D eigenvalue weighted by molar-refractivity contribution is 6.30. The molecule has 0 aromatic heterocycles. The highest BCUT2D eigenvalue weighted by atomic mass is 35.5. The number of piperazine rings is 1.